The number of aromatic hydroxyl groups is 2. The van der Waals surface area contributed by atoms with E-state index in [1.165, 1.54) is 60.7 Å². The Morgan fingerprint density at radius 2 is 1.07 bits per heavy atom. The number of fused-ring (bicyclic) bond motifs is 2. The molecule has 0 heterocycles. The minimum Gasteiger partial charge on any atom is -0.505 e. The number of nitrogen functional groups attached to an aromatic ring is 1. The van der Waals surface area contributed by atoms with Crippen molar-refractivity contribution in [3.05, 3.63) is 78.4 Å². The number of carbonyl (C=O) groups is 1. The van der Waals surface area contributed by atoms with Crippen molar-refractivity contribution in [1.29, 1.82) is 0 Å². The van der Waals surface area contributed by atoms with E-state index in [1.54, 1.807) is 0 Å². The molecular weight excluding hydrogens is 618 g/mol. The number of nitrogens with zero attached hydrogens (tertiary/aromatic N) is 4. The molecule has 5 aromatic rings. The van der Waals surface area contributed by atoms with Gasteiger partial charge in [-0.1, -0.05) is 0 Å². The van der Waals surface area contributed by atoms with Crippen LogP contribution in [0, 0.1) is 0 Å². The summed E-state index contributed by atoms with van der Waals surface area (Å²) in [6.07, 6.45) is 0. The van der Waals surface area contributed by atoms with Crippen LogP contribution in [0.25, 0.3) is 21.5 Å². The molecule has 7 N–H and O–H groups in total. The van der Waals surface area contributed by atoms with Crippen molar-refractivity contribution in [2.45, 2.75) is 9.79 Å². The molecule has 0 spiro atoms. The van der Waals surface area contributed by atoms with Gasteiger partial charge in [-0.25, -0.2) is 4.79 Å². The minimum absolute atomic E-state index is 0.0100. The third-order valence-corrected chi connectivity index (χ3v) is 8.04. The van der Waals surface area contributed by atoms with E-state index < -0.39 is 58.9 Å². The molecule has 0 aliphatic rings. The molecule has 0 aromatic heterocycles. The summed E-state index contributed by atoms with van der Waals surface area (Å²) in [5.74, 6) is -2.46. The SMILES string of the molecule is Nc1ccc2c(O)c(N=Nc3ccc4c(O)c(N=Nc5ccc(C(=O)O)cc5)c(S(=O)(=O)O)cc4c3)c(S(=O)(=O)O)cc2c1. The quantitative estimate of drug-likeness (QED) is 0.0683. The summed E-state index contributed by atoms with van der Waals surface area (Å²) in [5, 5.41) is 46.4. The lowest BCUT2D eigenvalue weighted by molar-refractivity contribution is 0.0696. The summed E-state index contributed by atoms with van der Waals surface area (Å²) in [6, 6.07) is 15.2. The van der Waals surface area contributed by atoms with E-state index >= 15 is 0 Å². The highest BCUT2D eigenvalue weighted by Crippen LogP contribution is 2.44. The Morgan fingerprint density at radius 3 is 1.57 bits per heavy atom. The van der Waals surface area contributed by atoms with Crippen molar-refractivity contribution in [1.82, 2.24) is 0 Å². The number of hydrogen-bond donors (Lipinski definition) is 6. The predicted molar refractivity (Wildman–Crippen MR) is 157 cm³/mol. The van der Waals surface area contributed by atoms with Crippen LogP contribution < -0.4 is 5.73 Å². The molecular formula is C27H19N5O10S2. The number of rotatable bonds is 7. The van der Waals surface area contributed by atoms with E-state index in [0.29, 0.717) is 0 Å². The molecule has 0 fully saturated rings. The fourth-order valence-electron chi connectivity index (χ4n) is 4.24. The topological polar surface area (TPSA) is 262 Å². The van der Waals surface area contributed by atoms with E-state index in [1.807, 2.05) is 0 Å². The standard InChI is InChI=1S/C27H19N5O10S2/c28-16-3-7-19-14(9-16)11-21(43(37,38)39)24(25(19)33)32-30-18-6-8-20-15(10-18)12-22(44(40,41)42)23(26(20)34)31-29-17-4-1-13(2-5-17)27(35)36/h1-12,33-34H,28H2,(H,35,36)(H,37,38,39)(H,40,41,42). The van der Waals surface area contributed by atoms with Gasteiger partial charge in [0.25, 0.3) is 20.2 Å². The summed E-state index contributed by atoms with van der Waals surface area (Å²) < 4.78 is 68.1. The van der Waals surface area contributed by atoms with E-state index in [2.05, 4.69) is 20.5 Å². The van der Waals surface area contributed by atoms with Gasteiger partial charge in [-0.3, -0.25) is 9.11 Å². The molecule has 0 aliphatic heterocycles. The second-order valence-electron chi connectivity index (χ2n) is 9.23. The Hall–Kier alpha value is -5.49. The molecule has 0 unspecified atom stereocenters. The highest BCUT2D eigenvalue weighted by Gasteiger charge is 2.24. The van der Waals surface area contributed by atoms with Gasteiger partial charge in [-0.05, 0) is 83.6 Å². The van der Waals surface area contributed by atoms with Crippen molar-refractivity contribution < 1.29 is 46.1 Å². The van der Waals surface area contributed by atoms with Crippen LogP contribution in [0.2, 0.25) is 0 Å². The van der Waals surface area contributed by atoms with Gasteiger partial charge in [0.2, 0.25) is 0 Å². The molecule has 0 aliphatic carbocycles. The Morgan fingerprint density at radius 1 is 0.614 bits per heavy atom. The maximum atomic E-state index is 12.2. The van der Waals surface area contributed by atoms with Crippen molar-refractivity contribution in [3.8, 4) is 11.5 Å². The van der Waals surface area contributed by atoms with Crippen molar-refractivity contribution in [2.75, 3.05) is 5.73 Å². The maximum absolute atomic E-state index is 12.2. The summed E-state index contributed by atoms with van der Waals surface area (Å²) in [5.41, 5.74) is 4.90. The summed E-state index contributed by atoms with van der Waals surface area (Å²) in [6.45, 7) is 0. The first-order chi connectivity index (χ1) is 20.6. The lowest BCUT2D eigenvalue weighted by Gasteiger charge is -2.10. The van der Waals surface area contributed by atoms with E-state index in [-0.39, 0.29) is 44.2 Å². The number of benzene rings is 5. The van der Waals surface area contributed by atoms with Crippen LogP contribution >= 0.6 is 0 Å². The lowest BCUT2D eigenvalue weighted by atomic mass is 10.1. The van der Waals surface area contributed by atoms with Gasteiger partial charge in [0, 0.05) is 16.5 Å². The molecule has 15 nitrogen and oxygen atoms in total. The molecule has 5 rings (SSSR count). The molecule has 0 amide bonds. The normalized spacial score (nSPS) is 12.5. The summed E-state index contributed by atoms with van der Waals surface area (Å²) in [7, 11) is -9.86. The highest BCUT2D eigenvalue weighted by atomic mass is 32.2. The zero-order valence-corrected chi connectivity index (χ0v) is 23.5. The lowest BCUT2D eigenvalue weighted by Crippen LogP contribution is -1.99. The first-order valence-electron chi connectivity index (χ1n) is 12.1. The Balaban J connectivity index is 1.60. The third kappa shape index (κ3) is 5.88. The molecule has 0 saturated carbocycles. The molecule has 0 saturated heterocycles. The molecule has 44 heavy (non-hydrogen) atoms. The number of aromatic carboxylic acids is 1. The first-order valence-corrected chi connectivity index (χ1v) is 15.0. The minimum atomic E-state index is -4.97. The van der Waals surface area contributed by atoms with Crippen LogP contribution in [0.3, 0.4) is 0 Å². The number of carboxylic acid groups (broad SMARTS) is 1. The van der Waals surface area contributed by atoms with Crippen LogP contribution in [0.15, 0.2) is 103 Å². The van der Waals surface area contributed by atoms with Crippen molar-refractivity contribution >= 4 is 76.2 Å². The molecule has 224 valence electrons. The van der Waals surface area contributed by atoms with Gasteiger partial charge >= 0.3 is 5.97 Å². The van der Waals surface area contributed by atoms with Crippen LogP contribution in [0.1, 0.15) is 10.4 Å². The summed E-state index contributed by atoms with van der Waals surface area (Å²) >= 11 is 0. The van der Waals surface area contributed by atoms with E-state index in [0.717, 1.165) is 12.1 Å². The van der Waals surface area contributed by atoms with Gasteiger partial charge in [-0.2, -0.15) is 27.1 Å². The third-order valence-electron chi connectivity index (χ3n) is 6.31. The second-order valence-corrected chi connectivity index (χ2v) is 12.0. The molecule has 5 aromatic carbocycles. The summed E-state index contributed by atoms with van der Waals surface area (Å²) in [4.78, 5) is 9.47. The molecule has 0 atom stereocenters. The fraction of sp³-hybridized carbons (Fsp3) is 0. The second kappa shape index (κ2) is 11.0. The van der Waals surface area contributed by atoms with Gasteiger partial charge in [-0.15, -0.1) is 10.2 Å². The van der Waals surface area contributed by atoms with Crippen LogP contribution in [0.5, 0.6) is 11.5 Å². The Kier molecular flexibility index (Phi) is 7.48. The smallest absolute Gasteiger partial charge is 0.335 e. The number of phenols is 2. The van der Waals surface area contributed by atoms with E-state index in [4.69, 9.17) is 10.8 Å². The number of phenolic OH excluding ortho intramolecular Hbond substituents is 2. The van der Waals surface area contributed by atoms with Gasteiger partial charge in [0.1, 0.15) is 21.2 Å². The van der Waals surface area contributed by atoms with Crippen LogP contribution in [-0.4, -0.2) is 47.2 Å². The van der Waals surface area contributed by atoms with Gasteiger partial charge in [0.15, 0.2) is 11.5 Å². The average Bonchev–Trinajstić information content (AvgIpc) is 2.95. The molecule has 0 radical (unpaired) electrons. The van der Waals surface area contributed by atoms with Crippen molar-refractivity contribution in [2.24, 2.45) is 20.5 Å². The van der Waals surface area contributed by atoms with Gasteiger partial charge in [0.05, 0.1) is 16.9 Å². The maximum Gasteiger partial charge on any atom is 0.335 e. The first kappa shape index (κ1) is 30.0. The fourth-order valence-corrected chi connectivity index (χ4v) is 5.56. The monoisotopic (exact) mass is 637 g/mol. The van der Waals surface area contributed by atoms with Crippen LogP contribution in [-0.2, 0) is 20.2 Å². The zero-order chi connectivity index (χ0) is 32.0. The van der Waals surface area contributed by atoms with Gasteiger partial charge < -0.3 is 21.1 Å². The van der Waals surface area contributed by atoms with Crippen LogP contribution in [0.4, 0.5) is 28.4 Å². The highest BCUT2D eigenvalue weighted by molar-refractivity contribution is 7.86. The molecule has 17 heteroatoms. The van der Waals surface area contributed by atoms with Crippen molar-refractivity contribution in [3.63, 3.8) is 0 Å². The largest absolute Gasteiger partial charge is 0.505 e. The van der Waals surface area contributed by atoms with E-state index in [9.17, 15) is 40.9 Å². The predicted octanol–water partition coefficient (Wildman–Crippen LogP) is 6.01. The molecule has 0 bridgehead atoms. The number of carboxylic acids is 1. The number of hydrogen-bond acceptors (Lipinski definition) is 12. The number of azo groups is 2. The average molecular weight is 638 g/mol. The number of nitrogens with two attached hydrogens (primary N) is 1. The zero-order valence-electron chi connectivity index (χ0n) is 21.9. The number of anilines is 1. The Bertz CT molecular complexity index is 2290. The Labute approximate surface area is 247 Å².